The summed E-state index contributed by atoms with van der Waals surface area (Å²) in [6, 6.07) is 9.68. The summed E-state index contributed by atoms with van der Waals surface area (Å²) >= 11 is 0. The minimum atomic E-state index is -0.465. The van der Waals surface area contributed by atoms with Crippen LogP contribution in [0.15, 0.2) is 42.7 Å². The predicted molar refractivity (Wildman–Crippen MR) is 86.0 cm³/mol. The molecule has 1 aromatic carbocycles. The van der Waals surface area contributed by atoms with Gasteiger partial charge in [0.2, 0.25) is 0 Å². The molecule has 0 spiro atoms. The minimum absolute atomic E-state index is 0. The molecule has 0 aliphatic carbocycles. The van der Waals surface area contributed by atoms with Crippen molar-refractivity contribution in [3.05, 3.63) is 42.7 Å². The molecule has 1 fully saturated rings. The van der Waals surface area contributed by atoms with Gasteiger partial charge in [-0.15, -0.1) is 12.4 Å². The Balaban J connectivity index is 0.00000176. The van der Waals surface area contributed by atoms with Crippen LogP contribution in [0.1, 0.15) is 0 Å². The molecule has 1 saturated heterocycles. The van der Waals surface area contributed by atoms with Gasteiger partial charge in [-0.2, -0.15) is 0 Å². The number of carbonyl (C=O) groups excluding carboxylic acids is 1. The Labute approximate surface area is 134 Å². The smallest absolute Gasteiger partial charge is 0.254 e. The summed E-state index contributed by atoms with van der Waals surface area (Å²) < 4.78 is 5.39. The van der Waals surface area contributed by atoms with Crippen LogP contribution in [0.3, 0.4) is 0 Å². The van der Waals surface area contributed by atoms with Crippen molar-refractivity contribution in [2.24, 2.45) is 0 Å². The summed E-state index contributed by atoms with van der Waals surface area (Å²) in [5.74, 6) is 0.447. The number of anilines is 1. The fourth-order valence-electron chi connectivity index (χ4n) is 2.09. The lowest BCUT2D eigenvalue weighted by Crippen LogP contribution is -2.45. The van der Waals surface area contributed by atoms with E-state index in [-0.39, 0.29) is 18.3 Å². The SMILES string of the molecule is Cl.O=C(Nc1cnc(-c2ccccc2)nc1)C1CNCCO1. The molecule has 1 unspecified atom stereocenters. The Kier molecular flexibility index (Phi) is 5.83. The van der Waals surface area contributed by atoms with Crippen molar-refractivity contribution in [3.63, 3.8) is 0 Å². The summed E-state index contributed by atoms with van der Waals surface area (Å²) in [5.41, 5.74) is 1.50. The molecule has 7 heteroatoms. The summed E-state index contributed by atoms with van der Waals surface area (Å²) in [6.07, 6.45) is 2.74. The van der Waals surface area contributed by atoms with Crippen molar-refractivity contribution in [1.82, 2.24) is 15.3 Å². The maximum absolute atomic E-state index is 12.0. The molecular formula is C15H17ClN4O2. The predicted octanol–water partition coefficient (Wildman–Crippen LogP) is 1.49. The molecule has 1 amide bonds. The van der Waals surface area contributed by atoms with Gasteiger partial charge in [-0.25, -0.2) is 9.97 Å². The number of nitrogens with one attached hydrogen (secondary N) is 2. The van der Waals surface area contributed by atoms with Gasteiger partial charge in [0.25, 0.3) is 5.91 Å². The van der Waals surface area contributed by atoms with Crippen molar-refractivity contribution >= 4 is 24.0 Å². The molecule has 1 atom stereocenters. The van der Waals surface area contributed by atoms with E-state index in [4.69, 9.17) is 4.74 Å². The molecule has 22 heavy (non-hydrogen) atoms. The Morgan fingerprint density at radius 2 is 1.95 bits per heavy atom. The van der Waals surface area contributed by atoms with E-state index in [1.165, 1.54) is 0 Å². The second-order valence-corrected chi connectivity index (χ2v) is 4.71. The van der Waals surface area contributed by atoms with Gasteiger partial charge in [-0.05, 0) is 0 Å². The van der Waals surface area contributed by atoms with Gasteiger partial charge < -0.3 is 15.4 Å². The van der Waals surface area contributed by atoms with Crippen molar-refractivity contribution in [1.29, 1.82) is 0 Å². The van der Waals surface area contributed by atoms with Crippen molar-refractivity contribution in [2.75, 3.05) is 25.0 Å². The molecule has 116 valence electrons. The Morgan fingerprint density at radius 1 is 1.23 bits per heavy atom. The van der Waals surface area contributed by atoms with Gasteiger partial charge >= 0.3 is 0 Å². The molecule has 3 rings (SSSR count). The highest BCUT2D eigenvalue weighted by molar-refractivity contribution is 5.94. The summed E-state index contributed by atoms with van der Waals surface area (Å²) in [7, 11) is 0. The minimum Gasteiger partial charge on any atom is -0.366 e. The van der Waals surface area contributed by atoms with Crippen LogP contribution in [0.25, 0.3) is 11.4 Å². The molecule has 2 heterocycles. The lowest BCUT2D eigenvalue weighted by atomic mass is 10.2. The lowest BCUT2D eigenvalue weighted by molar-refractivity contribution is -0.128. The maximum Gasteiger partial charge on any atom is 0.254 e. The highest BCUT2D eigenvalue weighted by Gasteiger charge is 2.21. The fraction of sp³-hybridized carbons (Fsp3) is 0.267. The van der Waals surface area contributed by atoms with E-state index < -0.39 is 6.10 Å². The third-order valence-corrected chi connectivity index (χ3v) is 3.17. The summed E-state index contributed by atoms with van der Waals surface area (Å²) in [6.45, 7) is 1.84. The Hall–Kier alpha value is -2.02. The average Bonchev–Trinajstić information content (AvgIpc) is 2.57. The quantitative estimate of drug-likeness (QED) is 0.896. The average molecular weight is 321 g/mol. The van der Waals surface area contributed by atoms with E-state index in [0.717, 1.165) is 12.1 Å². The van der Waals surface area contributed by atoms with Crippen LogP contribution in [0, 0.1) is 0 Å². The molecule has 6 nitrogen and oxygen atoms in total. The first-order valence-corrected chi connectivity index (χ1v) is 6.83. The van der Waals surface area contributed by atoms with E-state index >= 15 is 0 Å². The Morgan fingerprint density at radius 3 is 2.59 bits per heavy atom. The van der Waals surface area contributed by atoms with Crippen LogP contribution in [-0.4, -0.2) is 41.7 Å². The zero-order valence-electron chi connectivity index (χ0n) is 11.9. The number of rotatable bonds is 3. The van der Waals surface area contributed by atoms with Gasteiger partial charge in [0.05, 0.1) is 24.7 Å². The van der Waals surface area contributed by atoms with Gasteiger partial charge in [0.1, 0.15) is 6.10 Å². The number of halogens is 1. The van der Waals surface area contributed by atoms with Gasteiger partial charge in [0.15, 0.2) is 5.82 Å². The number of morpholine rings is 1. The Bertz CT molecular complexity index is 601. The summed E-state index contributed by atoms with van der Waals surface area (Å²) in [4.78, 5) is 20.5. The lowest BCUT2D eigenvalue weighted by Gasteiger charge is -2.22. The van der Waals surface area contributed by atoms with Gasteiger partial charge in [-0.3, -0.25) is 4.79 Å². The molecule has 0 bridgehead atoms. The van der Waals surface area contributed by atoms with Crippen molar-refractivity contribution in [3.8, 4) is 11.4 Å². The third kappa shape index (κ3) is 4.00. The molecule has 0 saturated carbocycles. The molecular weight excluding hydrogens is 304 g/mol. The topological polar surface area (TPSA) is 76.1 Å². The van der Waals surface area contributed by atoms with E-state index in [1.54, 1.807) is 12.4 Å². The number of hydrogen-bond acceptors (Lipinski definition) is 5. The largest absolute Gasteiger partial charge is 0.366 e. The molecule has 2 aromatic rings. The first-order chi connectivity index (χ1) is 10.3. The van der Waals surface area contributed by atoms with Crippen LogP contribution in [-0.2, 0) is 9.53 Å². The molecule has 2 N–H and O–H groups in total. The number of amides is 1. The molecule has 1 aliphatic heterocycles. The van der Waals surface area contributed by atoms with Crippen LogP contribution in [0.4, 0.5) is 5.69 Å². The van der Waals surface area contributed by atoms with Gasteiger partial charge in [0, 0.05) is 18.7 Å². The molecule has 0 radical (unpaired) electrons. The number of nitrogens with zero attached hydrogens (tertiary/aromatic N) is 2. The number of ether oxygens (including phenoxy) is 1. The zero-order chi connectivity index (χ0) is 14.5. The van der Waals surface area contributed by atoms with Gasteiger partial charge in [-0.1, -0.05) is 30.3 Å². The molecule has 1 aromatic heterocycles. The summed E-state index contributed by atoms with van der Waals surface area (Å²) in [5, 5.41) is 5.88. The standard InChI is InChI=1S/C15H16N4O2.ClH/c20-15(13-10-16-6-7-21-13)19-12-8-17-14(18-9-12)11-4-2-1-3-5-11;/h1-5,8-9,13,16H,6-7,10H2,(H,19,20);1H. The first-order valence-electron chi connectivity index (χ1n) is 6.83. The second kappa shape index (κ2) is 7.84. The number of hydrogen-bond donors (Lipinski definition) is 2. The van der Waals surface area contributed by atoms with E-state index in [9.17, 15) is 4.79 Å². The zero-order valence-corrected chi connectivity index (χ0v) is 12.7. The van der Waals surface area contributed by atoms with E-state index in [0.29, 0.717) is 24.7 Å². The maximum atomic E-state index is 12.0. The highest BCUT2D eigenvalue weighted by atomic mass is 35.5. The number of carbonyl (C=O) groups is 1. The number of benzene rings is 1. The number of aromatic nitrogens is 2. The second-order valence-electron chi connectivity index (χ2n) is 4.71. The highest BCUT2D eigenvalue weighted by Crippen LogP contribution is 2.15. The van der Waals surface area contributed by atoms with Crippen LogP contribution < -0.4 is 10.6 Å². The fourth-order valence-corrected chi connectivity index (χ4v) is 2.09. The van der Waals surface area contributed by atoms with Crippen LogP contribution >= 0.6 is 12.4 Å². The van der Waals surface area contributed by atoms with E-state index in [1.807, 2.05) is 30.3 Å². The first kappa shape index (κ1) is 16.4. The van der Waals surface area contributed by atoms with Crippen LogP contribution in [0.2, 0.25) is 0 Å². The normalized spacial score (nSPS) is 17.4. The monoisotopic (exact) mass is 320 g/mol. The molecule has 1 aliphatic rings. The third-order valence-electron chi connectivity index (χ3n) is 3.17. The van der Waals surface area contributed by atoms with Crippen molar-refractivity contribution < 1.29 is 9.53 Å². The van der Waals surface area contributed by atoms with Crippen molar-refractivity contribution in [2.45, 2.75) is 6.10 Å². The van der Waals surface area contributed by atoms with E-state index in [2.05, 4.69) is 20.6 Å². The van der Waals surface area contributed by atoms with Crippen LogP contribution in [0.5, 0.6) is 0 Å².